The van der Waals surface area contributed by atoms with Crippen molar-refractivity contribution in [2.45, 2.75) is 30.9 Å². The lowest BCUT2D eigenvalue weighted by molar-refractivity contribution is -0.696. The van der Waals surface area contributed by atoms with Crippen molar-refractivity contribution in [1.82, 2.24) is 4.57 Å². The van der Waals surface area contributed by atoms with Crippen LogP contribution in [0.25, 0.3) is 9.81 Å². The van der Waals surface area contributed by atoms with E-state index in [0.29, 0.717) is 0 Å². The number of halogens is 7. The lowest BCUT2D eigenvalue weighted by Crippen LogP contribution is -2.30. The Hall–Kier alpha value is -1.84. The zero-order valence-corrected chi connectivity index (χ0v) is 17.3. The molecule has 0 atom stereocenters. The molecular formula is C14H14ClF6N3O4S2. The van der Waals surface area contributed by atoms with E-state index in [4.69, 9.17) is 11.6 Å². The molecule has 0 aliphatic rings. The molecule has 0 amide bonds. The van der Waals surface area contributed by atoms with E-state index in [-0.39, 0.29) is 0 Å². The first-order valence-corrected chi connectivity index (χ1v) is 11.0. The molecule has 30 heavy (non-hydrogen) atoms. The summed E-state index contributed by atoms with van der Waals surface area (Å²) >= 11 is 5.84. The molecular weight excluding hydrogens is 488 g/mol. The van der Waals surface area contributed by atoms with Crippen LogP contribution < -0.4 is 4.57 Å². The van der Waals surface area contributed by atoms with Crippen LogP contribution in [0, 0.1) is 0 Å². The van der Waals surface area contributed by atoms with E-state index >= 15 is 0 Å². The Morgan fingerprint density at radius 2 is 1.43 bits per heavy atom. The largest absolute Gasteiger partial charge is 0.480 e. The predicted octanol–water partition coefficient (Wildman–Crippen LogP) is 3.89. The van der Waals surface area contributed by atoms with Crippen molar-refractivity contribution in [3.63, 3.8) is 0 Å². The number of aryl methyl sites for hydroxylation is 1. The highest BCUT2D eigenvalue weighted by Crippen LogP contribution is 2.36. The fourth-order valence-electron chi connectivity index (χ4n) is 1.76. The van der Waals surface area contributed by atoms with Gasteiger partial charge in [0.1, 0.15) is 18.1 Å². The van der Waals surface area contributed by atoms with E-state index in [0.717, 1.165) is 27.8 Å². The van der Waals surface area contributed by atoms with Crippen molar-refractivity contribution < 1.29 is 47.7 Å². The number of nitrogens with zero attached hydrogens (tertiary/aromatic N) is 3. The summed E-state index contributed by atoms with van der Waals surface area (Å²) in [6.07, 6.45) is 7.37. The first-order chi connectivity index (χ1) is 13.5. The van der Waals surface area contributed by atoms with Crippen LogP contribution in [0.1, 0.15) is 13.3 Å². The molecule has 170 valence electrons. The molecule has 0 aliphatic heterocycles. The maximum atomic E-state index is 11.4. The van der Waals surface area contributed by atoms with Crippen LogP contribution in [-0.4, -0.2) is 32.4 Å². The van der Waals surface area contributed by atoms with Crippen LogP contribution >= 0.6 is 11.6 Å². The Balaban J connectivity index is 0.000000300. The number of rotatable bonds is 5. The zero-order chi connectivity index (χ0) is 23.4. The Morgan fingerprint density at radius 1 is 0.967 bits per heavy atom. The molecule has 0 bridgehead atoms. The average molecular weight is 502 g/mol. The molecule has 1 heterocycles. The van der Waals surface area contributed by atoms with Gasteiger partial charge >= 0.3 is 11.0 Å². The van der Waals surface area contributed by atoms with Crippen molar-refractivity contribution in [2.75, 3.05) is 0 Å². The minimum Gasteiger partial charge on any atom is -0.421 e. The van der Waals surface area contributed by atoms with Crippen LogP contribution in [0.15, 0.2) is 43.0 Å². The number of hydrogen-bond donors (Lipinski definition) is 0. The second-order valence-corrected chi connectivity index (χ2v) is 9.31. The van der Waals surface area contributed by atoms with Gasteiger partial charge in [0, 0.05) is 5.02 Å². The van der Waals surface area contributed by atoms with Gasteiger partial charge in [-0.2, -0.15) is 26.3 Å². The second kappa shape index (κ2) is 9.53. The topological polar surface area (TPSA) is 91.2 Å². The number of hydrogen-bond acceptors (Lipinski definition) is 4. The number of alkyl halides is 6. The van der Waals surface area contributed by atoms with E-state index in [1.54, 1.807) is 0 Å². The SMILES string of the molecule is CCC[n+]1ccn(-c2ccc(Cl)cc2)c1.O=S(=O)([N-]S(=O)(=O)C(F)(F)F)C(F)(F)F. The summed E-state index contributed by atoms with van der Waals surface area (Å²) in [4.78, 5) is 0. The summed E-state index contributed by atoms with van der Waals surface area (Å²) in [6.45, 7) is 3.23. The predicted molar refractivity (Wildman–Crippen MR) is 94.6 cm³/mol. The van der Waals surface area contributed by atoms with Crippen molar-refractivity contribution >= 4 is 31.6 Å². The normalized spacial score (nSPS) is 12.9. The lowest BCUT2D eigenvalue weighted by Gasteiger charge is -2.22. The van der Waals surface area contributed by atoms with Crippen LogP contribution in [0.2, 0.25) is 5.02 Å². The molecule has 2 aromatic rings. The fraction of sp³-hybridized carbons (Fsp3) is 0.357. The number of aromatic nitrogens is 2. The number of imidazole rings is 1. The van der Waals surface area contributed by atoms with Crippen LogP contribution in [-0.2, 0) is 26.6 Å². The third-order valence-electron chi connectivity index (χ3n) is 3.08. The Kier molecular flexibility index (Phi) is 8.32. The smallest absolute Gasteiger partial charge is 0.421 e. The molecule has 0 saturated carbocycles. The van der Waals surface area contributed by atoms with Gasteiger partial charge in [0.05, 0.1) is 6.54 Å². The van der Waals surface area contributed by atoms with Crippen LogP contribution in [0.3, 0.4) is 0 Å². The summed E-state index contributed by atoms with van der Waals surface area (Å²) in [5.74, 6) is 0. The van der Waals surface area contributed by atoms with Crippen molar-refractivity contribution in [1.29, 1.82) is 0 Å². The summed E-state index contributed by atoms with van der Waals surface area (Å²) < 4.78 is 113. The summed E-state index contributed by atoms with van der Waals surface area (Å²) in [5.41, 5.74) is -11.3. The third-order valence-corrected chi connectivity index (χ3v) is 6.07. The quantitative estimate of drug-likeness (QED) is 0.459. The van der Waals surface area contributed by atoms with Gasteiger partial charge in [-0.05, 0) is 30.7 Å². The Labute approximate surface area is 173 Å². The first-order valence-electron chi connectivity index (χ1n) is 7.70. The Bertz CT molecular complexity index is 1010. The second-order valence-electron chi connectivity index (χ2n) is 5.45. The molecule has 0 radical (unpaired) electrons. The molecule has 0 aliphatic carbocycles. The van der Waals surface area contributed by atoms with Crippen LogP contribution in [0.4, 0.5) is 26.3 Å². The molecule has 7 nitrogen and oxygen atoms in total. The average Bonchev–Trinajstić information content (AvgIpc) is 3.02. The van der Waals surface area contributed by atoms with E-state index in [1.165, 1.54) is 0 Å². The molecule has 0 fully saturated rings. The maximum absolute atomic E-state index is 11.4. The lowest BCUT2D eigenvalue weighted by atomic mass is 10.3. The van der Waals surface area contributed by atoms with Gasteiger partial charge < -0.3 is 4.13 Å². The highest BCUT2D eigenvalue weighted by molar-refractivity contribution is 8.13. The van der Waals surface area contributed by atoms with Crippen molar-refractivity contribution in [3.05, 3.63) is 52.1 Å². The molecule has 0 unspecified atom stereocenters. The number of benzene rings is 1. The van der Waals surface area contributed by atoms with E-state index < -0.39 is 31.1 Å². The van der Waals surface area contributed by atoms with E-state index in [2.05, 4.69) is 34.8 Å². The summed E-state index contributed by atoms with van der Waals surface area (Å²) in [6, 6.07) is 7.83. The monoisotopic (exact) mass is 501 g/mol. The van der Waals surface area contributed by atoms with Gasteiger partial charge in [-0.3, -0.25) is 0 Å². The molecule has 2 rings (SSSR count). The van der Waals surface area contributed by atoms with Crippen LogP contribution in [0.5, 0.6) is 0 Å². The van der Waals surface area contributed by atoms with Crippen molar-refractivity contribution in [3.8, 4) is 5.69 Å². The van der Waals surface area contributed by atoms with Gasteiger partial charge in [-0.1, -0.05) is 18.5 Å². The molecule has 0 spiro atoms. The van der Waals surface area contributed by atoms with Crippen molar-refractivity contribution in [2.24, 2.45) is 0 Å². The molecule has 1 aromatic carbocycles. The van der Waals surface area contributed by atoms with Gasteiger partial charge in [0.25, 0.3) is 0 Å². The van der Waals surface area contributed by atoms with Gasteiger partial charge in [0.2, 0.25) is 6.33 Å². The highest BCUT2D eigenvalue weighted by Gasteiger charge is 2.46. The van der Waals surface area contributed by atoms with E-state index in [9.17, 15) is 43.2 Å². The van der Waals surface area contributed by atoms with Gasteiger partial charge in [-0.15, -0.1) is 0 Å². The minimum atomic E-state index is -6.72. The highest BCUT2D eigenvalue weighted by atomic mass is 35.5. The maximum Gasteiger partial charge on any atom is 0.480 e. The first kappa shape index (κ1) is 26.2. The summed E-state index contributed by atoms with van der Waals surface area (Å²) in [7, 11) is -13.4. The molecule has 16 heteroatoms. The van der Waals surface area contributed by atoms with Gasteiger partial charge in [0.15, 0.2) is 20.0 Å². The Morgan fingerprint density at radius 3 is 1.83 bits per heavy atom. The molecule has 1 aromatic heterocycles. The molecule has 0 saturated heterocycles. The standard InChI is InChI=1S/C12H14ClN2.C2F6NO4S2/c1-2-7-14-8-9-15(10-14)12-5-3-11(13)4-6-12;3-1(4,5)14(10,11)9-15(12,13)2(6,7)8/h3-6,8-10H,2,7H2,1H3;/q+1;-1. The zero-order valence-electron chi connectivity index (χ0n) is 14.9. The minimum absolute atomic E-state index is 0.771. The third kappa shape index (κ3) is 7.14. The number of sulfonamides is 2. The molecule has 0 N–H and O–H groups in total. The fourth-order valence-corrected chi connectivity index (χ4v) is 3.60. The van der Waals surface area contributed by atoms with E-state index in [1.807, 2.05) is 24.3 Å². The summed E-state index contributed by atoms with van der Waals surface area (Å²) in [5, 5.41) is 0.771. The van der Waals surface area contributed by atoms with Gasteiger partial charge in [-0.25, -0.2) is 26.0 Å².